The molecule has 13 atom stereocenters. The zero-order chi connectivity index (χ0) is 29.2. The zero-order valence-corrected chi connectivity index (χ0v) is 23.7. The summed E-state index contributed by atoms with van der Waals surface area (Å²) >= 11 is 0. The van der Waals surface area contributed by atoms with Crippen LogP contribution in [-0.4, -0.2) is 115 Å². The number of fused-ring (bicyclic) bond motifs is 2. The smallest absolute Gasteiger partial charge is 0.338 e. The van der Waals surface area contributed by atoms with Gasteiger partial charge in [-0.1, -0.05) is 0 Å². The summed E-state index contributed by atoms with van der Waals surface area (Å²) in [6.45, 7) is 0.0302. The Labute approximate surface area is 238 Å². The van der Waals surface area contributed by atoms with E-state index in [2.05, 4.69) is 0 Å². The topological polar surface area (TPSA) is 156 Å². The van der Waals surface area contributed by atoms with Gasteiger partial charge in [0.2, 0.25) is 0 Å². The summed E-state index contributed by atoms with van der Waals surface area (Å²) < 4.78 is 28.8. The van der Waals surface area contributed by atoms with Crippen LogP contribution in [0.3, 0.4) is 0 Å². The predicted molar refractivity (Wildman–Crippen MR) is 143 cm³/mol. The number of aliphatic hydroxyl groups excluding tert-OH is 1. The molecule has 0 amide bonds. The van der Waals surface area contributed by atoms with Crippen LogP contribution in [0.2, 0.25) is 0 Å². The van der Waals surface area contributed by atoms with Gasteiger partial charge in [-0.25, -0.2) is 4.79 Å². The molecule has 1 aromatic rings. The highest BCUT2D eigenvalue weighted by atomic mass is 16.6. The Morgan fingerprint density at radius 1 is 0.951 bits per heavy atom. The zero-order valence-electron chi connectivity index (χ0n) is 23.7. The van der Waals surface area contributed by atoms with Gasteiger partial charge < -0.3 is 44.1 Å². The molecule has 1 spiro atoms. The quantitative estimate of drug-likeness (QED) is 0.336. The van der Waals surface area contributed by atoms with E-state index < -0.39 is 81.8 Å². The molecule has 0 aromatic heterocycles. The number of carbonyl (C=O) groups is 1. The average molecular weight is 574 g/mol. The molecule has 0 saturated heterocycles. The maximum Gasteiger partial charge on any atom is 0.338 e. The fourth-order valence-electron chi connectivity index (χ4n) is 10.6. The number of rotatable bonds is 7. The van der Waals surface area contributed by atoms with E-state index in [1.807, 2.05) is 0 Å². The van der Waals surface area contributed by atoms with Crippen LogP contribution in [0.15, 0.2) is 29.3 Å². The van der Waals surface area contributed by atoms with Crippen LogP contribution in [-0.2, 0) is 18.9 Å². The van der Waals surface area contributed by atoms with Crippen LogP contribution in [0, 0.1) is 28.6 Å². The van der Waals surface area contributed by atoms with Crippen molar-refractivity contribution in [1.29, 1.82) is 0 Å². The molecular formula is C30H39NO10. The average Bonchev–Trinajstić information content (AvgIpc) is 3.30. The Hall–Kier alpha value is -2.12. The number of aliphatic imine (C=N–C) groups is 1. The van der Waals surface area contributed by atoms with Crippen molar-refractivity contribution in [3.05, 3.63) is 29.8 Å². The number of hydrogen-bond donors (Lipinski definition) is 4. The van der Waals surface area contributed by atoms with Crippen molar-refractivity contribution in [3.8, 4) is 5.75 Å². The number of esters is 1. The summed E-state index contributed by atoms with van der Waals surface area (Å²) in [4.78, 5) is 18.5. The second kappa shape index (κ2) is 8.72. The van der Waals surface area contributed by atoms with Crippen LogP contribution in [0.1, 0.15) is 36.0 Å². The monoisotopic (exact) mass is 573 g/mol. The van der Waals surface area contributed by atoms with Gasteiger partial charge in [0.05, 0.1) is 65.7 Å². The molecule has 7 bridgehead atoms. The van der Waals surface area contributed by atoms with Crippen LogP contribution in [0.5, 0.6) is 5.75 Å². The van der Waals surface area contributed by atoms with Crippen LogP contribution >= 0.6 is 0 Å². The number of aliphatic hydroxyl groups is 4. The van der Waals surface area contributed by atoms with Crippen molar-refractivity contribution < 1.29 is 48.9 Å². The predicted octanol–water partition coefficient (Wildman–Crippen LogP) is 0.354. The molecule has 6 aliphatic rings. The Morgan fingerprint density at radius 3 is 2.29 bits per heavy atom. The van der Waals surface area contributed by atoms with E-state index in [4.69, 9.17) is 28.7 Å². The second-order valence-electron chi connectivity index (χ2n) is 13.1. The minimum absolute atomic E-state index is 0.0302. The Bertz CT molecular complexity index is 1270. The number of carbonyl (C=O) groups excluding carboxylic acids is 1. The van der Waals surface area contributed by atoms with Crippen molar-refractivity contribution in [2.75, 3.05) is 35.0 Å². The number of methoxy groups -OCH3 is 4. The highest BCUT2D eigenvalue weighted by Gasteiger charge is 2.90. The summed E-state index contributed by atoms with van der Waals surface area (Å²) in [6, 6.07) is 5.96. The van der Waals surface area contributed by atoms with Gasteiger partial charge in [0.1, 0.15) is 17.5 Å². The first-order valence-electron chi connectivity index (χ1n) is 14.3. The van der Waals surface area contributed by atoms with Gasteiger partial charge in [-0.05, 0) is 43.0 Å². The summed E-state index contributed by atoms with van der Waals surface area (Å²) in [7, 11) is 6.10. The molecule has 5 aliphatic carbocycles. The third kappa shape index (κ3) is 2.94. The van der Waals surface area contributed by atoms with Crippen molar-refractivity contribution in [2.45, 2.75) is 72.9 Å². The Balaban J connectivity index is 1.39. The van der Waals surface area contributed by atoms with Gasteiger partial charge in [0, 0.05) is 52.2 Å². The van der Waals surface area contributed by atoms with Gasteiger partial charge in [-0.2, -0.15) is 0 Å². The number of nitrogens with zero attached hydrogens (tertiary/aromatic N) is 1. The van der Waals surface area contributed by atoms with Crippen molar-refractivity contribution in [1.82, 2.24) is 0 Å². The molecule has 5 saturated carbocycles. The Kier molecular flexibility index (Phi) is 5.89. The lowest BCUT2D eigenvalue weighted by Crippen LogP contribution is -2.79. The van der Waals surface area contributed by atoms with E-state index in [1.54, 1.807) is 37.6 Å². The first-order chi connectivity index (χ1) is 19.5. The molecule has 224 valence electrons. The van der Waals surface area contributed by atoms with E-state index in [9.17, 15) is 25.2 Å². The SMILES string of the molecule is COC[C@]12C=N[C@@H]3[C@@H]4C[C@@]1(O)[C@@]3([C@@H](OC)CC2O)[C@@H]1C[C@@]2(O)[C@@H](OC)C[C@@]4(O)[C@H]1[C@H]2OC(=O)c1ccc(OC)cc1. The minimum atomic E-state index is -1.63. The fourth-order valence-corrected chi connectivity index (χ4v) is 10.6. The minimum Gasteiger partial charge on any atom is -0.497 e. The van der Waals surface area contributed by atoms with Gasteiger partial charge in [0.15, 0.2) is 0 Å². The molecule has 1 aromatic carbocycles. The lowest BCUT2D eigenvalue weighted by molar-refractivity contribution is -0.293. The third-order valence-corrected chi connectivity index (χ3v) is 12.1. The number of benzene rings is 1. The van der Waals surface area contributed by atoms with E-state index in [0.29, 0.717) is 5.75 Å². The first kappa shape index (κ1) is 27.7. The molecule has 7 rings (SSSR count). The van der Waals surface area contributed by atoms with E-state index in [1.165, 1.54) is 21.3 Å². The summed E-state index contributed by atoms with van der Waals surface area (Å²) in [5.74, 6) is -1.90. The molecule has 1 unspecified atom stereocenters. The maximum absolute atomic E-state index is 13.5. The molecule has 11 nitrogen and oxygen atoms in total. The molecule has 1 aliphatic heterocycles. The molecule has 0 radical (unpaired) electrons. The second-order valence-corrected chi connectivity index (χ2v) is 13.1. The summed E-state index contributed by atoms with van der Waals surface area (Å²) in [5.41, 5.74) is -6.70. The normalized spacial score (nSPS) is 51.9. The molecule has 5 fully saturated rings. The van der Waals surface area contributed by atoms with Gasteiger partial charge in [0.25, 0.3) is 0 Å². The summed E-state index contributed by atoms with van der Waals surface area (Å²) in [6.07, 6.45) is -1.36. The lowest BCUT2D eigenvalue weighted by atomic mass is 9.42. The van der Waals surface area contributed by atoms with Crippen molar-refractivity contribution >= 4 is 12.2 Å². The highest BCUT2D eigenvalue weighted by Crippen LogP contribution is 2.80. The van der Waals surface area contributed by atoms with E-state index in [-0.39, 0.29) is 37.9 Å². The van der Waals surface area contributed by atoms with Gasteiger partial charge >= 0.3 is 5.97 Å². The third-order valence-electron chi connectivity index (χ3n) is 12.1. The van der Waals surface area contributed by atoms with E-state index >= 15 is 0 Å². The van der Waals surface area contributed by atoms with Crippen LogP contribution in [0.4, 0.5) is 0 Å². The standard InChI is InChI=1S/C30H39NO10/c1-37-14-26-13-31-23-18-11-29(26,36)30(23,20(39-3)9-19(26)32)17-10-28(35)21(40-4)12-27(18,34)22(17)24(28)41-25(33)15-5-7-16(38-2)8-6-15/h5-8,13,17-24,32,34-36H,9-12,14H2,1-4H3/t17-,18+,19?,20+,21+,22-,23-,24-,26+,27+,28-,29+,30-/m1/s1. The molecular weight excluding hydrogens is 534 g/mol. The maximum atomic E-state index is 13.5. The van der Waals surface area contributed by atoms with Crippen LogP contribution < -0.4 is 4.74 Å². The summed E-state index contributed by atoms with van der Waals surface area (Å²) in [5, 5.41) is 49.5. The van der Waals surface area contributed by atoms with Gasteiger partial charge in [-0.3, -0.25) is 4.99 Å². The molecule has 11 heteroatoms. The highest BCUT2D eigenvalue weighted by molar-refractivity contribution is 5.89. The number of hydrogen-bond acceptors (Lipinski definition) is 11. The largest absolute Gasteiger partial charge is 0.497 e. The lowest BCUT2D eigenvalue weighted by Gasteiger charge is -2.67. The van der Waals surface area contributed by atoms with Crippen molar-refractivity contribution in [3.63, 3.8) is 0 Å². The van der Waals surface area contributed by atoms with Gasteiger partial charge in [-0.15, -0.1) is 0 Å². The Morgan fingerprint density at radius 2 is 1.66 bits per heavy atom. The van der Waals surface area contributed by atoms with Crippen LogP contribution in [0.25, 0.3) is 0 Å². The van der Waals surface area contributed by atoms with E-state index in [0.717, 1.165) is 0 Å². The molecule has 1 heterocycles. The number of ether oxygens (including phenoxy) is 5. The molecule has 41 heavy (non-hydrogen) atoms. The first-order valence-corrected chi connectivity index (χ1v) is 14.3. The molecule has 4 N–H and O–H groups in total. The van der Waals surface area contributed by atoms with Crippen molar-refractivity contribution in [2.24, 2.45) is 33.6 Å². The fraction of sp³-hybridized carbons (Fsp3) is 0.733.